The van der Waals surface area contributed by atoms with Crippen molar-refractivity contribution in [2.24, 2.45) is 0 Å². The van der Waals surface area contributed by atoms with Crippen molar-refractivity contribution in [1.82, 2.24) is 9.88 Å². The maximum absolute atomic E-state index is 12.2. The molecular weight excluding hydrogens is 348 g/mol. The van der Waals surface area contributed by atoms with E-state index in [9.17, 15) is 4.79 Å². The fourth-order valence-electron chi connectivity index (χ4n) is 3.09. The van der Waals surface area contributed by atoms with Crippen LogP contribution in [0.15, 0.2) is 60.8 Å². The molecule has 0 aliphatic heterocycles. The van der Waals surface area contributed by atoms with Crippen molar-refractivity contribution in [3.8, 4) is 6.07 Å². The Hall–Kier alpha value is -3.52. The van der Waals surface area contributed by atoms with Crippen LogP contribution in [0.1, 0.15) is 17.5 Å². The molecule has 0 atom stereocenters. The smallest absolute Gasteiger partial charge is 0.244 e. The SMILES string of the molecule is CN(C)c1ccc(CNC(=O)/C=C/c2cn(CCC#N)c3ccccc23)cc1. The second kappa shape index (κ2) is 8.92. The van der Waals surface area contributed by atoms with Gasteiger partial charge in [0.25, 0.3) is 0 Å². The predicted molar refractivity (Wildman–Crippen MR) is 114 cm³/mol. The number of fused-ring (bicyclic) bond motifs is 1. The normalized spacial score (nSPS) is 10.9. The average molecular weight is 372 g/mol. The maximum atomic E-state index is 12.2. The number of para-hydroxylation sites is 1. The molecule has 0 spiro atoms. The van der Waals surface area contributed by atoms with Gasteiger partial charge >= 0.3 is 0 Å². The molecule has 0 aliphatic rings. The van der Waals surface area contributed by atoms with Crippen molar-refractivity contribution in [1.29, 1.82) is 5.26 Å². The second-order valence-electron chi connectivity index (χ2n) is 6.82. The van der Waals surface area contributed by atoms with Gasteiger partial charge in [-0.25, -0.2) is 0 Å². The number of amides is 1. The van der Waals surface area contributed by atoms with Crippen LogP contribution in [-0.2, 0) is 17.9 Å². The molecule has 0 bridgehead atoms. The summed E-state index contributed by atoms with van der Waals surface area (Å²) in [4.78, 5) is 14.3. The predicted octanol–water partition coefficient (Wildman–Crippen LogP) is 3.95. The zero-order valence-corrected chi connectivity index (χ0v) is 16.2. The largest absolute Gasteiger partial charge is 0.378 e. The van der Waals surface area contributed by atoms with Gasteiger partial charge in [0, 0.05) is 61.6 Å². The molecule has 3 aromatic rings. The standard InChI is InChI=1S/C23H24N4O/c1-26(2)20-11-8-18(9-12-20)16-25-23(28)13-10-19-17-27(15-5-14-24)22-7-4-3-6-21(19)22/h3-4,6-13,17H,5,15-16H2,1-2H3,(H,25,28)/b13-10+. The van der Waals surface area contributed by atoms with E-state index in [1.54, 1.807) is 6.08 Å². The van der Waals surface area contributed by atoms with Gasteiger partial charge in [0.1, 0.15) is 0 Å². The molecule has 142 valence electrons. The molecule has 0 unspecified atom stereocenters. The average Bonchev–Trinajstić information content (AvgIpc) is 3.07. The lowest BCUT2D eigenvalue weighted by Gasteiger charge is -2.12. The number of carbonyl (C=O) groups is 1. The first-order valence-electron chi connectivity index (χ1n) is 9.25. The number of anilines is 1. The van der Waals surface area contributed by atoms with Crippen LogP contribution in [0.5, 0.6) is 0 Å². The monoisotopic (exact) mass is 372 g/mol. The van der Waals surface area contributed by atoms with E-state index in [4.69, 9.17) is 5.26 Å². The molecular formula is C23H24N4O. The Morgan fingerprint density at radius 1 is 1.18 bits per heavy atom. The summed E-state index contributed by atoms with van der Waals surface area (Å²) in [5.41, 5.74) is 4.22. The van der Waals surface area contributed by atoms with Crippen molar-refractivity contribution in [3.05, 3.63) is 71.9 Å². The van der Waals surface area contributed by atoms with Crippen LogP contribution >= 0.6 is 0 Å². The van der Waals surface area contributed by atoms with Crippen LogP contribution in [0.4, 0.5) is 5.69 Å². The van der Waals surface area contributed by atoms with Gasteiger partial charge in [-0.2, -0.15) is 5.26 Å². The number of nitriles is 1. The lowest BCUT2D eigenvalue weighted by molar-refractivity contribution is -0.116. The molecule has 1 aromatic heterocycles. The van der Waals surface area contributed by atoms with Gasteiger partial charge in [0.15, 0.2) is 0 Å². The molecule has 5 heteroatoms. The summed E-state index contributed by atoms with van der Waals surface area (Å²) in [6.45, 7) is 1.13. The molecule has 1 N–H and O–H groups in total. The second-order valence-corrected chi connectivity index (χ2v) is 6.82. The van der Waals surface area contributed by atoms with Crippen molar-refractivity contribution >= 4 is 28.6 Å². The lowest BCUT2D eigenvalue weighted by Crippen LogP contribution is -2.20. The van der Waals surface area contributed by atoms with Crippen LogP contribution in [0, 0.1) is 11.3 Å². The van der Waals surface area contributed by atoms with E-state index < -0.39 is 0 Å². The number of rotatable bonds is 7. The van der Waals surface area contributed by atoms with E-state index in [0.29, 0.717) is 19.5 Å². The highest BCUT2D eigenvalue weighted by Gasteiger charge is 2.06. The number of aryl methyl sites for hydroxylation is 1. The Morgan fingerprint density at radius 3 is 2.64 bits per heavy atom. The number of hydrogen-bond donors (Lipinski definition) is 1. The van der Waals surface area contributed by atoms with Crippen LogP contribution in [0.2, 0.25) is 0 Å². The third kappa shape index (κ3) is 4.60. The number of carbonyl (C=O) groups excluding carboxylic acids is 1. The van der Waals surface area contributed by atoms with E-state index in [1.807, 2.05) is 79.8 Å². The van der Waals surface area contributed by atoms with Crippen molar-refractivity contribution < 1.29 is 4.79 Å². The Kier molecular flexibility index (Phi) is 6.13. The summed E-state index contributed by atoms with van der Waals surface area (Å²) in [7, 11) is 4.00. The summed E-state index contributed by atoms with van der Waals surface area (Å²) in [5, 5.41) is 12.8. The third-order valence-electron chi connectivity index (χ3n) is 4.62. The quantitative estimate of drug-likeness (QED) is 0.639. The van der Waals surface area contributed by atoms with Gasteiger partial charge in [-0.15, -0.1) is 0 Å². The summed E-state index contributed by atoms with van der Waals surface area (Å²) in [6, 6.07) is 18.3. The minimum absolute atomic E-state index is 0.134. The Morgan fingerprint density at radius 2 is 1.93 bits per heavy atom. The molecule has 0 saturated carbocycles. The molecule has 1 amide bonds. The van der Waals surface area contributed by atoms with E-state index in [0.717, 1.165) is 27.7 Å². The van der Waals surface area contributed by atoms with Gasteiger partial charge in [-0.3, -0.25) is 4.79 Å². The Balaban J connectivity index is 1.66. The van der Waals surface area contributed by atoms with Gasteiger partial charge < -0.3 is 14.8 Å². The highest BCUT2D eigenvalue weighted by Crippen LogP contribution is 2.22. The van der Waals surface area contributed by atoms with Crippen molar-refractivity contribution in [2.75, 3.05) is 19.0 Å². The summed E-state index contributed by atoms with van der Waals surface area (Å²) in [6.07, 6.45) is 5.83. The minimum Gasteiger partial charge on any atom is -0.378 e. The summed E-state index contributed by atoms with van der Waals surface area (Å²) < 4.78 is 2.06. The van der Waals surface area contributed by atoms with E-state index in [1.165, 1.54) is 0 Å². The van der Waals surface area contributed by atoms with Crippen molar-refractivity contribution in [3.63, 3.8) is 0 Å². The highest BCUT2D eigenvalue weighted by molar-refractivity contribution is 5.96. The third-order valence-corrected chi connectivity index (χ3v) is 4.62. The first-order valence-corrected chi connectivity index (χ1v) is 9.25. The fourth-order valence-corrected chi connectivity index (χ4v) is 3.09. The molecule has 2 aromatic carbocycles. The number of benzene rings is 2. The first kappa shape index (κ1) is 19.2. The van der Waals surface area contributed by atoms with Crippen molar-refractivity contribution in [2.45, 2.75) is 19.5 Å². The number of aromatic nitrogens is 1. The summed E-state index contributed by atoms with van der Waals surface area (Å²) >= 11 is 0. The topological polar surface area (TPSA) is 61.1 Å². The molecule has 1 heterocycles. The fraction of sp³-hybridized carbons (Fsp3) is 0.217. The van der Waals surface area contributed by atoms with Gasteiger partial charge in [-0.05, 0) is 29.8 Å². The molecule has 5 nitrogen and oxygen atoms in total. The first-order chi connectivity index (χ1) is 13.6. The number of nitrogens with one attached hydrogen (secondary N) is 1. The van der Waals surface area contributed by atoms with Gasteiger partial charge in [0.05, 0.1) is 12.5 Å². The van der Waals surface area contributed by atoms with E-state index in [-0.39, 0.29) is 5.91 Å². The minimum atomic E-state index is -0.134. The Bertz CT molecular complexity index is 1020. The van der Waals surface area contributed by atoms with Gasteiger partial charge in [0.2, 0.25) is 5.91 Å². The van der Waals surface area contributed by atoms with Crippen LogP contribution in [0.3, 0.4) is 0 Å². The van der Waals surface area contributed by atoms with Crippen LogP contribution in [0.25, 0.3) is 17.0 Å². The summed E-state index contributed by atoms with van der Waals surface area (Å²) in [5.74, 6) is -0.134. The highest BCUT2D eigenvalue weighted by atomic mass is 16.1. The zero-order chi connectivity index (χ0) is 19.9. The molecule has 0 radical (unpaired) electrons. The lowest BCUT2D eigenvalue weighted by atomic mass is 10.1. The van der Waals surface area contributed by atoms with Crippen LogP contribution < -0.4 is 10.2 Å². The van der Waals surface area contributed by atoms with Crippen LogP contribution in [-0.4, -0.2) is 24.6 Å². The zero-order valence-electron chi connectivity index (χ0n) is 16.2. The molecule has 0 fully saturated rings. The molecule has 0 saturated heterocycles. The number of nitrogens with zero attached hydrogens (tertiary/aromatic N) is 3. The molecule has 3 rings (SSSR count). The number of hydrogen-bond acceptors (Lipinski definition) is 3. The van der Waals surface area contributed by atoms with E-state index >= 15 is 0 Å². The Labute approximate surface area is 165 Å². The maximum Gasteiger partial charge on any atom is 0.244 e. The molecule has 28 heavy (non-hydrogen) atoms. The molecule has 0 aliphatic carbocycles. The van der Waals surface area contributed by atoms with Gasteiger partial charge in [-0.1, -0.05) is 30.3 Å². The van der Waals surface area contributed by atoms with E-state index in [2.05, 4.69) is 16.0 Å².